The number of rotatable bonds is 4. The first-order chi connectivity index (χ1) is 7.11. The molecular formula is C10H9NO4. The van der Waals surface area contributed by atoms with Gasteiger partial charge < -0.3 is 9.94 Å². The summed E-state index contributed by atoms with van der Waals surface area (Å²) < 4.78 is 0. The molecule has 0 atom stereocenters. The molecule has 0 aliphatic rings. The summed E-state index contributed by atoms with van der Waals surface area (Å²) in [5.74, 6) is 3.11. The molecule has 0 saturated carbocycles. The van der Waals surface area contributed by atoms with Crippen LogP contribution in [0.15, 0.2) is 30.9 Å². The first-order valence-corrected chi connectivity index (χ1v) is 4.01. The smallest absolute Gasteiger partial charge is 0.339 e. The second-order valence-electron chi connectivity index (χ2n) is 2.67. The van der Waals surface area contributed by atoms with Crippen molar-refractivity contribution in [3.05, 3.63) is 42.0 Å². The highest BCUT2D eigenvalue weighted by Gasteiger charge is 2.18. The zero-order valence-electron chi connectivity index (χ0n) is 7.77. The molecule has 1 rings (SSSR count). The topological polar surface area (TPSA) is 89.6 Å². The minimum Gasteiger partial charge on any atom is -0.478 e. The van der Waals surface area contributed by atoms with Gasteiger partial charge in [0.25, 0.3) is 0 Å². The minimum absolute atomic E-state index is 0.0763. The molecule has 5 heteroatoms. The number of ketones is 1. The van der Waals surface area contributed by atoms with Gasteiger partial charge in [-0.15, -0.1) is 0 Å². The minimum atomic E-state index is -1.21. The van der Waals surface area contributed by atoms with Gasteiger partial charge in [-0.1, -0.05) is 12.6 Å². The highest BCUT2D eigenvalue weighted by Crippen LogP contribution is 2.23. The lowest BCUT2D eigenvalue weighted by molar-refractivity contribution is 0.0692. The molecule has 78 valence electrons. The van der Waals surface area contributed by atoms with Crippen LogP contribution in [0.2, 0.25) is 0 Å². The Morgan fingerprint density at radius 2 is 2.00 bits per heavy atom. The van der Waals surface area contributed by atoms with Crippen LogP contribution >= 0.6 is 0 Å². The molecule has 0 fully saturated rings. The summed E-state index contributed by atoms with van der Waals surface area (Å²) in [4.78, 5) is 26.5. The van der Waals surface area contributed by atoms with Crippen LogP contribution in [-0.2, 0) is 0 Å². The van der Waals surface area contributed by atoms with Crippen molar-refractivity contribution >= 4 is 11.8 Å². The number of hydrogen-bond acceptors (Lipinski definition) is 4. The predicted molar refractivity (Wildman–Crippen MR) is 52.7 cm³/mol. The first kappa shape index (κ1) is 10.9. The number of aromatic carboxylic acids is 1. The highest BCUT2D eigenvalue weighted by atomic mass is 16.6. The Bertz CT molecular complexity index is 425. The van der Waals surface area contributed by atoms with Crippen molar-refractivity contribution < 1.29 is 19.5 Å². The molecule has 0 spiro atoms. The zero-order chi connectivity index (χ0) is 11.4. The van der Waals surface area contributed by atoms with E-state index in [9.17, 15) is 9.59 Å². The van der Waals surface area contributed by atoms with Gasteiger partial charge in [-0.05, 0) is 18.2 Å². The number of carbonyl (C=O) groups is 2. The van der Waals surface area contributed by atoms with E-state index in [0.717, 1.165) is 6.08 Å². The fourth-order valence-corrected chi connectivity index (χ4v) is 1.14. The average molecular weight is 207 g/mol. The number of carboxylic acid groups (broad SMARTS) is 1. The fraction of sp³-hybridized carbons (Fsp3) is 0. The third-order valence-corrected chi connectivity index (χ3v) is 1.81. The Hall–Kier alpha value is -2.14. The number of nitrogens with two attached hydrogens (primary N) is 1. The Kier molecular flexibility index (Phi) is 3.20. The molecule has 0 aromatic heterocycles. The standard InChI is InChI=1S/C10H9NO4/c1-2-8(12)6-4-3-5-7(10(13)14)9(6)15-11/h2-5H,1,11H2,(H,13,14). The predicted octanol–water partition coefficient (Wildman–Crippen LogP) is 1.01. The SMILES string of the molecule is C=CC(=O)c1cccc(C(=O)O)c1ON. The third-order valence-electron chi connectivity index (χ3n) is 1.81. The molecule has 15 heavy (non-hydrogen) atoms. The van der Waals surface area contributed by atoms with Gasteiger partial charge in [0.2, 0.25) is 0 Å². The Morgan fingerprint density at radius 1 is 1.40 bits per heavy atom. The van der Waals surface area contributed by atoms with E-state index in [-0.39, 0.29) is 16.9 Å². The summed E-state index contributed by atoms with van der Waals surface area (Å²) in [6, 6.07) is 4.14. The van der Waals surface area contributed by atoms with E-state index >= 15 is 0 Å². The van der Waals surface area contributed by atoms with E-state index in [1.807, 2.05) is 0 Å². The van der Waals surface area contributed by atoms with E-state index < -0.39 is 11.8 Å². The molecule has 0 radical (unpaired) electrons. The molecule has 3 N–H and O–H groups in total. The lowest BCUT2D eigenvalue weighted by atomic mass is 10.1. The van der Waals surface area contributed by atoms with E-state index in [1.54, 1.807) is 0 Å². The number of benzene rings is 1. The van der Waals surface area contributed by atoms with Gasteiger partial charge in [-0.3, -0.25) is 4.79 Å². The second kappa shape index (κ2) is 4.39. The van der Waals surface area contributed by atoms with E-state index in [2.05, 4.69) is 11.4 Å². The summed E-state index contributed by atoms with van der Waals surface area (Å²) in [5.41, 5.74) is -0.0856. The van der Waals surface area contributed by atoms with E-state index in [1.165, 1.54) is 18.2 Å². The lowest BCUT2D eigenvalue weighted by Gasteiger charge is -2.07. The monoisotopic (exact) mass is 207 g/mol. The van der Waals surface area contributed by atoms with Crippen LogP contribution < -0.4 is 10.7 Å². The van der Waals surface area contributed by atoms with E-state index in [0.29, 0.717) is 0 Å². The molecule has 0 unspecified atom stereocenters. The average Bonchev–Trinajstić information content (AvgIpc) is 2.26. The number of allylic oxidation sites excluding steroid dienone is 1. The molecule has 0 aliphatic heterocycles. The van der Waals surface area contributed by atoms with Crippen LogP contribution in [0.1, 0.15) is 20.7 Å². The normalized spacial score (nSPS) is 9.40. The highest BCUT2D eigenvalue weighted by molar-refractivity contribution is 6.08. The maximum absolute atomic E-state index is 11.3. The van der Waals surface area contributed by atoms with Crippen molar-refractivity contribution in [2.24, 2.45) is 5.90 Å². The summed E-state index contributed by atoms with van der Waals surface area (Å²) >= 11 is 0. The second-order valence-corrected chi connectivity index (χ2v) is 2.67. The van der Waals surface area contributed by atoms with Crippen LogP contribution in [0.3, 0.4) is 0 Å². The van der Waals surface area contributed by atoms with Gasteiger partial charge >= 0.3 is 5.97 Å². The number of para-hydroxylation sites is 1. The number of hydrogen-bond donors (Lipinski definition) is 2. The molecular weight excluding hydrogens is 198 g/mol. The molecule has 0 heterocycles. The summed E-state index contributed by atoms with van der Waals surface area (Å²) in [7, 11) is 0. The van der Waals surface area contributed by atoms with Crippen LogP contribution in [0.25, 0.3) is 0 Å². The summed E-state index contributed by atoms with van der Waals surface area (Å²) in [5, 5.41) is 8.80. The Balaban J connectivity index is 3.40. The number of carboxylic acids is 1. The fourth-order valence-electron chi connectivity index (χ4n) is 1.14. The van der Waals surface area contributed by atoms with Crippen molar-refractivity contribution in [1.82, 2.24) is 0 Å². The van der Waals surface area contributed by atoms with Crippen molar-refractivity contribution in [3.63, 3.8) is 0 Å². The molecule has 1 aromatic carbocycles. The van der Waals surface area contributed by atoms with Gasteiger partial charge in [-0.25, -0.2) is 4.79 Å². The third kappa shape index (κ3) is 2.03. The molecule has 5 nitrogen and oxygen atoms in total. The van der Waals surface area contributed by atoms with Crippen LogP contribution in [0.4, 0.5) is 0 Å². The number of carbonyl (C=O) groups excluding carboxylic acids is 1. The lowest BCUT2D eigenvalue weighted by Crippen LogP contribution is -2.12. The maximum Gasteiger partial charge on any atom is 0.339 e. The zero-order valence-corrected chi connectivity index (χ0v) is 7.77. The summed E-state index contributed by atoms with van der Waals surface area (Å²) in [6.45, 7) is 3.29. The van der Waals surface area contributed by atoms with Crippen molar-refractivity contribution in [2.45, 2.75) is 0 Å². The van der Waals surface area contributed by atoms with Gasteiger partial charge in [0.05, 0.1) is 5.56 Å². The molecule has 1 aromatic rings. The van der Waals surface area contributed by atoms with Crippen LogP contribution in [0.5, 0.6) is 5.75 Å². The van der Waals surface area contributed by atoms with Crippen LogP contribution in [-0.4, -0.2) is 16.9 Å². The Morgan fingerprint density at radius 3 is 2.47 bits per heavy atom. The van der Waals surface area contributed by atoms with Gasteiger partial charge in [0, 0.05) is 0 Å². The van der Waals surface area contributed by atoms with E-state index in [4.69, 9.17) is 11.0 Å². The van der Waals surface area contributed by atoms with Gasteiger partial charge in [0.1, 0.15) is 5.56 Å². The van der Waals surface area contributed by atoms with Gasteiger partial charge in [-0.2, -0.15) is 5.90 Å². The molecule has 0 bridgehead atoms. The van der Waals surface area contributed by atoms with Crippen LogP contribution in [0, 0.1) is 0 Å². The summed E-state index contributed by atoms with van der Waals surface area (Å²) in [6.07, 6.45) is 1.06. The Labute approximate surface area is 85.7 Å². The quantitative estimate of drug-likeness (QED) is 0.436. The largest absolute Gasteiger partial charge is 0.478 e. The van der Waals surface area contributed by atoms with Gasteiger partial charge in [0.15, 0.2) is 11.5 Å². The van der Waals surface area contributed by atoms with Crippen molar-refractivity contribution in [2.75, 3.05) is 0 Å². The molecule has 0 saturated heterocycles. The molecule has 0 aliphatic carbocycles. The molecule has 0 amide bonds. The maximum atomic E-state index is 11.3. The van der Waals surface area contributed by atoms with Crippen molar-refractivity contribution in [3.8, 4) is 5.75 Å². The van der Waals surface area contributed by atoms with Crippen molar-refractivity contribution in [1.29, 1.82) is 0 Å². The first-order valence-electron chi connectivity index (χ1n) is 4.01.